The lowest BCUT2D eigenvalue weighted by atomic mass is 10.0. The molecular formula is C14H17FN2O. The zero-order chi connectivity index (χ0) is 13.1. The van der Waals surface area contributed by atoms with Crippen LogP contribution in [0.15, 0.2) is 18.2 Å². The van der Waals surface area contributed by atoms with E-state index in [1.165, 1.54) is 6.07 Å². The Bertz CT molecular complexity index is 467. The van der Waals surface area contributed by atoms with Gasteiger partial charge >= 0.3 is 0 Å². The van der Waals surface area contributed by atoms with Gasteiger partial charge in [-0.3, -0.25) is 4.90 Å². The normalized spacial score (nSPS) is 21.8. The van der Waals surface area contributed by atoms with Gasteiger partial charge in [-0.05, 0) is 31.9 Å². The van der Waals surface area contributed by atoms with Gasteiger partial charge in [-0.2, -0.15) is 5.26 Å². The molecule has 0 aromatic heterocycles. The summed E-state index contributed by atoms with van der Waals surface area (Å²) in [6, 6.07) is 6.76. The first-order valence-electron chi connectivity index (χ1n) is 6.19. The molecule has 1 N–H and O–H groups in total. The van der Waals surface area contributed by atoms with Gasteiger partial charge in [-0.1, -0.05) is 12.1 Å². The SMILES string of the molecule is CC(O)C1CCN(Cc2cccc(C#N)c2F)C1. The van der Waals surface area contributed by atoms with Crippen molar-refractivity contribution in [3.8, 4) is 6.07 Å². The summed E-state index contributed by atoms with van der Waals surface area (Å²) in [5, 5.41) is 18.3. The fourth-order valence-electron chi connectivity index (χ4n) is 2.43. The highest BCUT2D eigenvalue weighted by atomic mass is 19.1. The molecule has 0 aliphatic carbocycles. The summed E-state index contributed by atoms with van der Waals surface area (Å²) in [6.45, 7) is 3.95. The van der Waals surface area contributed by atoms with Crippen LogP contribution in [-0.4, -0.2) is 29.2 Å². The fourth-order valence-corrected chi connectivity index (χ4v) is 2.43. The van der Waals surface area contributed by atoms with E-state index in [2.05, 4.69) is 4.90 Å². The van der Waals surface area contributed by atoms with Crippen molar-refractivity contribution < 1.29 is 9.50 Å². The number of hydrogen-bond acceptors (Lipinski definition) is 3. The monoisotopic (exact) mass is 248 g/mol. The third kappa shape index (κ3) is 2.69. The maximum absolute atomic E-state index is 13.9. The van der Waals surface area contributed by atoms with Crippen LogP contribution in [0.3, 0.4) is 0 Å². The molecule has 1 aliphatic heterocycles. The van der Waals surface area contributed by atoms with E-state index in [4.69, 9.17) is 5.26 Å². The average molecular weight is 248 g/mol. The van der Waals surface area contributed by atoms with E-state index in [1.807, 2.05) is 6.07 Å². The molecule has 2 atom stereocenters. The van der Waals surface area contributed by atoms with Gasteiger partial charge in [0.1, 0.15) is 11.9 Å². The van der Waals surface area contributed by atoms with Crippen molar-refractivity contribution in [2.24, 2.45) is 5.92 Å². The summed E-state index contributed by atoms with van der Waals surface area (Å²) in [7, 11) is 0. The van der Waals surface area contributed by atoms with Gasteiger partial charge in [0.05, 0.1) is 11.7 Å². The van der Waals surface area contributed by atoms with Gasteiger partial charge in [0.15, 0.2) is 0 Å². The third-order valence-corrected chi connectivity index (χ3v) is 3.58. The van der Waals surface area contributed by atoms with E-state index in [-0.39, 0.29) is 17.6 Å². The smallest absolute Gasteiger partial charge is 0.145 e. The Morgan fingerprint density at radius 2 is 2.39 bits per heavy atom. The zero-order valence-corrected chi connectivity index (χ0v) is 10.4. The number of likely N-dealkylation sites (tertiary alicyclic amines) is 1. The molecule has 96 valence electrons. The average Bonchev–Trinajstić information content (AvgIpc) is 2.80. The lowest BCUT2D eigenvalue weighted by molar-refractivity contribution is 0.127. The maximum atomic E-state index is 13.9. The Morgan fingerprint density at radius 3 is 3.00 bits per heavy atom. The fraction of sp³-hybridized carbons (Fsp3) is 0.500. The summed E-state index contributed by atoms with van der Waals surface area (Å²) in [4.78, 5) is 2.12. The van der Waals surface area contributed by atoms with Crippen molar-refractivity contribution in [3.05, 3.63) is 35.1 Å². The largest absolute Gasteiger partial charge is 0.393 e. The van der Waals surface area contributed by atoms with Crippen LogP contribution in [0.25, 0.3) is 0 Å². The lowest BCUT2D eigenvalue weighted by Gasteiger charge is -2.17. The minimum absolute atomic E-state index is 0.0961. The number of nitrogens with zero attached hydrogens (tertiary/aromatic N) is 2. The highest BCUT2D eigenvalue weighted by molar-refractivity contribution is 5.34. The molecule has 2 rings (SSSR count). The van der Waals surface area contributed by atoms with Crippen molar-refractivity contribution in [1.29, 1.82) is 5.26 Å². The zero-order valence-electron chi connectivity index (χ0n) is 10.4. The molecule has 18 heavy (non-hydrogen) atoms. The first kappa shape index (κ1) is 13.0. The van der Waals surface area contributed by atoms with Gasteiger partial charge < -0.3 is 5.11 Å². The summed E-state index contributed by atoms with van der Waals surface area (Å²) < 4.78 is 13.9. The molecule has 0 bridgehead atoms. The van der Waals surface area contributed by atoms with Gasteiger partial charge in [0.25, 0.3) is 0 Å². The minimum atomic E-state index is -0.416. The standard InChI is InChI=1S/C14H17FN2O/c1-10(18)12-5-6-17(8-12)9-13-4-2-3-11(7-16)14(13)15/h2-4,10,12,18H,5-6,8-9H2,1H3. The quantitative estimate of drug-likeness (QED) is 0.888. The number of benzene rings is 1. The van der Waals surface area contributed by atoms with Crippen LogP contribution in [-0.2, 0) is 6.54 Å². The first-order chi connectivity index (χ1) is 8.61. The van der Waals surface area contributed by atoms with Crippen molar-refractivity contribution in [3.63, 3.8) is 0 Å². The predicted octanol–water partition coefficient (Wildman–Crippen LogP) is 1.90. The number of rotatable bonds is 3. The molecule has 0 radical (unpaired) electrons. The minimum Gasteiger partial charge on any atom is -0.393 e. The molecule has 1 saturated heterocycles. The Kier molecular flexibility index (Phi) is 3.95. The molecule has 1 aromatic rings. The van der Waals surface area contributed by atoms with E-state index in [9.17, 15) is 9.50 Å². The van der Waals surface area contributed by atoms with E-state index in [0.29, 0.717) is 12.1 Å². The Balaban J connectivity index is 2.05. The van der Waals surface area contributed by atoms with E-state index in [0.717, 1.165) is 19.5 Å². The lowest BCUT2D eigenvalue weighted by Crippen LogP contribution is -2.24. The molecule has 0 spiro atoms. The number of nitriles is 1. The van der Waals surface area contributed by atoms with Crippen LogP contribution in [0.5, 0.6) is 0 Å². The van der Waals surface area contributed by atoms with Crippen LogP contribution in [0.2, 0.25) is 0 Å². The Hall–Kier alpha value is -1.44. The number of aliphatic hydroxyl groups is 1. The Labute approximate surface area is 106 Å². The van der Waals surface area contributed by atoms with Gasteiger partial charge in [-0.15, -0.1) is 0 Å². The van der Waals surface area contributed by atoms with Crippen molar-refractivity contribution in [1.82, 2.24) is 4.90 Å². The topological polar surface area (TPSA) is 47.3 Å². The van der Waals surface area contributed by atoms with E-state index in [1.54, 1.807) is 19.1 Å². The second-order valence-corrected chi connectivity index (χ2v) is 4.91. The second kappa shape index (κ2) is 5.47. The summed E-state index contributed by atoms with van der Waals surface area (Å²) >= 11 is 0. The summed E-state index contributed by atoms with van der Waals surface area (Å²) in [5.74, 6) is -0.146. The molecule has 1 heterocycles. The molecule has 2 unspecified atom stereocenters. The van der Waals surface area contributed by atoms with Crippen LogP contribution in [0.1, 0.15) is 24.5 Å². The first-order valence-corrected chi connectivity index (χ1v) is 6.19. The molecule has 0 amide bonds. The molecule has 0 saturated carbocycles. The van der Waals surface area contributed by atoms with E-state index < -0.39 is 5.82 Å². The predicted molar refractivity (Wildman–Crippen MR) is 66.2 cm³/mol. The molecule has 3 nitrogen and oxygen atoms in total. The van der Waals surface area contributed by atoms with Crippen LogP contribution < -0.4 is 0 Å². The summed E-state index contributed by atoms with van der Waals surface area (Å²) in [5.41, 5.74) is 0.652. The van der Waals surface area contributed by atoms with Gasteiger partial charge in [-0.25, -0.2) is 4.39 Å². The molecular weight excluding hydrogens is 231 g/mol. The van der Waals surface area contributed by atoms with E-state index >= 15 is 0 Å². The summed E-state index contributed by atoms with van der Waals surface area (Å²) in [6.07, 6.45) is 0.627. The maximum Gasteiger partial charge on any atom is 0.145 e. The number of halogens is 1. The number of hydrogen-bond donors (Lipinski definition) is 1. The highest BCUT2D eigenvalue weighted by Crippen LogP contribution is 2.23. The highest BCUT2D eigenvalue weighted by Gasteiger charge is 2.26. The van der Waals surface area contributed by atoms with Gasteiger partial charge in [0, 0.05) is 18.7 Å². The van der Waals surface area contributed by atoms with Gasteiger partial charge in [0.2, 0.25) is 0 Å². The number of aliphatic hydroxyl groups excluding tert-OH is 1. The van der Waals surface area contributed by atoms with Crippen molar-refractivity contribution in [2.75, 3.05) is 13.1 Å². The molecule has 1 aromatic carbocycles. The Morgan fingerprint density at radius 1 is 1.61 bits per heavy atom. The molecule has 4 heteroatoms. The molecule has 1 aliphatic rings. The molecule has 1 fully saturated rings. The van der Waals surface area contributed by atoms with Crippen LogP contribution in [0.4, 0.5) is 4.39 Å². The third-order valence-electron chi connectivity index (χ3n) is 3.58. The van der Waals surface area contributed by atoms with Crippen molar-refractivity contribution in [2.45, 2.75) is 26.0 Å². The second-order valence-electron chi connectivity index (χ2n) is 4.91. The van der Waals surface area contributed by atoms with Crippen LogP contribution in [0, 0.1) is 23.1 Å². The van der Waals surface area contributed by atoms with Crippen molar-refractivity contribution >= 4 is 0 Å². The van der Waals surface area contributed by atoms with Crippen LogP contribution >= 0.6 is 0 Å².